The molecule has 0 radical (unpaired) electrons. The molecule has 2 aromatic carbocycles. The van der Waals surface area contributed by atoms with E-state index in [4.69, 9.17) is 5.11 Å². The maximum Gasteiger partial charge on any atom is 0.336 e. The molecule has 0 fully saturated rings. The van der Waals surface area contributed by atoms with Gasteiger partial charge in [-0.25, -0.2) is 9.59 Å². The third-order valence-corrected chi connectivity index (χ3v) is 2.91. The van der Waals surface area contributed by atoms with Crippen molar-refractivity contribution in [1.82, 2.24) is 0 Å². The lowest BCUT2D eigenvalue weighted by Crippen LogP contribution is -2.07. The lowest BCUT2D eigenvalue weighted by molar-refractivity contribution is -0.130. The Balaban J connectivity index is 2.64. The molecule has 21 heavy (non-hydrogen) atoms. The fourth-order valence-electron chi connectivity index (χ4n) is 1.92. The van der Waals surface area contributed by atoms with Crippen molar-refractivity contribution >= 4 is 23.6 Å². The molecule has 0 heterocycles. The Bertz CT molecular complexity index is 731. The molecule has 0 aliphatic heterocycles. The van der Waals surface area contributed by atoms with Gasteiger partial charge in [-0.2, -0.15) is 0 Å². The van der Waals surface area contributed by atoms with Crippen molar-refractivity contribution in [1.29, 1.82) is 0 Å². The van der Waals surface area contributed by atoms with Crippen LogP contribution in [0, 0.1) is 0 Å². The maximum absolute atomic E-state index is 11.4. The van der Waals surface area contributed by atoms with Gasteiger partial charge in [0.1, 0.15) is 5.75 Å². The van der Waals surface area contributed by atoms with Crippen molar-refractivity contribution in [2.75, 3.05) is 0 Å². The van der Waals surface area contributed by atoms with Crippen molar-refractivity contribution in [3.05, 3.63) is 65.2 Å². The van der Waals surface area contributed by atoms with Gasteiger partial charge in [0.25, 0.3) is 0 Å². The first-order valence-corrected chi connectivity index (χ1v) is 6.06. The summed E-state index contributed by atoms with van der Waals surface area (Å²) in [7, 11) is 0. The number of aromatic hydroxyl groups is 1. The molecule has 3 N–H and O–H groups in total. The molecule has 5 nitrogen and oxygen atoms in total. The highest BCUT2D eigenvalue weighted by molar-refractivity contribution is 6.22. The van der Waals surface area contributed by atoms with Crippen LogP contribution in [0.25, 0.3) is 11.6 Å². The molecular weight excluding hydrogens is 272 g/mol. The summed E-state index contributed by atoms with van der Waals surface area (Å²) in [6, 6.07) is 12.1. The molecule has 0 amide bonds. The van der Waals surface area contributed by atoms with Gasteiger partial charge in [-0.05, 0) is 18.2 Å². The predicted molar refractivity (Wildman–Crippen MR) is 77.0 cm³/mol. The number of rotatable bonds is 4. The number of hydrogen-bond donors (Lipinski definition) is 3. The minimum absolute atomic E-state index is 0.0796. The average molecular weight is 284 g/mol. The first-order chi connectivity index (χ1) is 10.0. The van der Waals surface area contributed by atoms with E-state index in [1.807, 2.05) is 0 Å². The molecule has 0 saturated heterocycles. The molecule has 2 aromatic rings. The van der Waals surface area contributed by atoms with Crippen LogP contribution in [0.5, 0.6) is 5.75 Å². The number of aliphatic carboxylic acids is 1. The second-order valence-corrected chi connectivity index (χ2v) is 4.27. The number of para-hydroxylation sites is 1. The summed E-state index contributed by atoms with van der Waals surface area (Å²) in [5.74, 6) is -2.56. The Kier molecular flexibility index (Phi) is 4.04. The van der Waals surface area contributed by atoms with Gasteiger partial charge in [-0.15, -0.1) is 0 Å². The molecule has 0 unspecified atom stereocenters. The van der Waals surface area contributed by atoms with Crippen molar-refractivity contribution in [3.63, 3.8) is 0 Å². The molecule has 0 bridgehead atoms. The smallest absolute Gasteiger partial charge is 0.336 e. The number of carboxylic acids is 2. The first-order valence-electron chi connectivity index (χ1n) is 6.06. The van der Waals surface area contributed by atoms with Crippen LogP contribution in [0.2, 0.25) is 0 Å². The van der Waals surface area contributed by atoms with E-state index in [2.05, 4.69) is 0 Å². The minimum atomic E-state index is -1.27. The quantitative estimate of drug-likeness (QED) is 0.592. The highest BCUT2D eigenvalue weighted by atomic mass is 16.4. The molecule has 0 aliphatic rings. The van der Waals surface area contributed by atoms with Gasteiger partial charge in [0, 0.05) is 11.1 Å². The van der Waals surface area contributed by atoms with E-state index >= 15 is 0 Å². The van der Waals surface area contributed by atoms with Crippen LogP contribution in [0.4, 0.5) is 0 Å². The number of benzene rings is 2. The number of hydrogen-bond acceptors (Lipinski definition) is 3. The van der Waals surface area contributed by atoms with E-state index in [0.29, 0.717) is 5.56 Å². The van der Waals surface area contributed by atoms with Gasteiger partial charge in [0.2, 0.25) is 0 Å². The normalized spacial score (nSPS) is 11.1. The summed E-state index contributed by atoms with van der Waals surface area (Å²) >= 11 is 0. The molecular formula is C16H12O5. The van der Waals surface area contributed by atoms with Crippen LogP contribution in [-0.4, -0.2) is 27.3 Å². The topological polar surface area (TPSA) is 94.8 Å². The molecule has 0 saturated carbocycles. The van der Waals surface area contributed by atoms with Crippen LogP contribution in [0.1, 0.15) is 21.5 Å². The van der Waals surface area contributed by atoms with Crippen molar-refractivity contribution < 1.29 is 24.9 Å². The first kappa shape index (κ1) is 14.3. The third-order valence-electron chi connectivity index (χ3n) is 2.91. The van der Waals surface area contributed by atoms with Gasteiger partial charge >= 0.3 is 11.9 Å². The van der Waals surface area contributed by atoms with Crippen LogP contribution in [0.15, 0.2) is 48.5 Å². The largest absolute Gasteiger partial charge is 0.507 e. The number of carbonyl (C=O) groups is 2. The Morgan fingerprint density at radius 1 is 0.857 bits per heavy atom. The molecule has 0 atom stereocenters. The van der Waals surface area contributed by atoms with Crippen LogP contribution >= 0.6 is 0 Å². The summed E-state index contributed by atoms with van der Waals surface area (Å²) in [5, 5.41) is 28.2. The van der Waals surface area contributed by atoms with E-state index in [-0.39, 0.29) is 22.4 Å². The summed E-state index contributed by atoms with van der Waals surface area (Å²) < 4.78 is 0. The molecule has 5 heteroatoms. The third kappa shape index (κ3) is 3.09. The molecule has 0 spiro atoms. The standard InChI is InChI=1S/C16H12O5/c17-14-8-4-1-5-10(14)9-13(16(20)21)11-6-2-3-7-12(11)15(18)19/h1-9,17H,(H,18,19)(H,20,21)/b13-9+. The molecule has 0 aliphatic carbocycles. The van der Waals surface area contributed by atoms with Crippen molar-refractivity contribution in [2.24, 2.45) is 0 Å². The SMILES string of the molecule is O=C(O)/C(=C/c1ccccc1O)c1ccccc1C(=O)O. The monoisotopic (exact) mass is 284 g/mol. The van der Waals surface area contributed by atoms with Gasteiger partial charge in [0.05, 0.1) is 11.1 Å². The average Bonchev–Trinajstić information content (AvgIpc) is 2.46. The molecule has 106 valence electrons. The van der Waals surface area contributed by atoms with Crippen molar-refractivity contribution in [3.8, 4) is 5.75 Å². The number of carboxylic acid groups (broad SMARTS) is 2. The molecule has 0 aromatic heterocycles. The minimum Gasteiger partial charge on any atom is -0.507 e. The fourth-order valence-corrected chi connectivity index (χ4v) is 1.92. The lowest BCUT2D eigenvalue weighted by atomic mass is 9.97. The van der Waals surface area contributed by atoms with E-state index in [1.54, 1.807) is 24.3 Å². The summed E-state index contributed by atoms with van der Waals surface area (Å²) in [4.78, 5) is 22.6. The van der Waals surface area contributed by atoms with Crippen LogP contribution in [-0.2, 0) is 4.79 Å². The van der Waals surface area contributed by atoms with Crippen LogP contribution < -0.4 is 0 Å². The zero-order chi connectivity index (χ0) is 15.4. The van der Waals surface area contributed by atoms with Crippen LogP contribution in [0.3, 0.4) is 0 Å². The molecule has 2 rings (SSSR count). The Hall–Kier alpha value is -3.08. The lowest BCUT2D eigenvalue weighted by Gasteiger charge is -2.07. The number of aromatic carboxylic acids is 1. The van der Waals surface area contributed by atoms with E-state index in [9.17, 15) is 19.8 Å². The Morgan fingerprint density at radius 2 is 1.43 bits per heavy atom. The number of phenolic OH excluding ortho intramolecular Hbond substituents is 1. The Morgan fingerprint density at radius 3 is 2.00 bits per heavy atom. The van der Waals surface area contributed by atoms with E-state index < -0.39 is 11.9 Å². The maximum atomic E-state index is 11.4. The number of phenols is 1. The second-order valence-electron chi connectivity index (χ2n) is 4.27. The second kappa shape index (κ2) is 5.92. The highest BCUT2D eigenvalue weighted by Gasteiger charge is 2.18. The van der Waals surface area contributed by atoms with Gasteiger partial charge < -0.3 is 15.3 Å². The van der Waals surface area contributed by atoms with Crippen molar-refractivity contribution in [2.45, 2.75) is 0 Å². The van der Waals surface area contributed by atoms with E-state index in [0.717, 1.165) is 0 Å². The zero-order valence-electron chi connectivity index (χ0n) is 10.9. The zero-order valence-corrected chi connectivity index (χ0v) is 10.9. The fraction of sp³-hybridized carbons (Fsp3) is 0. The van der Waals surface area contributed by atoms with Gasteiger partial charge in [-0.1, -0.05) is 36.4 Å². The predicted octanol–water partition coefficient (Wildman–Crippen LogP) is 2.72. The van der Waals surface area contributed by atoms with E-state index in [1.165, 1.54) is 30.3 Å². The summed E-state index contributed by atoms with van der Waals surface area (Å²) in [5.41, 5.74) is 0.0758. The van der Waals surface area contributed by atoms with Gasteiger partial charge in [0.15, 0.2) is 0 Å². The summed E-state index contributed by atoms with van der Waals surface area (Å²) in [6.45, 7) is 0. The van der Waals surface area contributed by atoms with Gasteiger partial charge in [-0.3, -0.25) is 0 Å². The summed E-state index contributed by atoms with van der Waals surface area (Å²) in [6.07, 6.45) is 1.25. The Labute approximate surface area is 120 Å². The highest BCUT2D eigenvalue weighted by Crippen LogP contribution is 2.26.